The van der Waals surface area contributed by atoms with Crippen molar-refractivity contribution in [1.29, 1.82) is 0 Å². The number of rotatable bonds is 2. The van der Waals surface area contributed by atoms with E-state index in [-0.39, 0.29) is 35.0 Å². The van der Waals surface area contributed by atoms with Gasteiger partial charge in [-0.05, 0) is 37.2 Å². The van der Waals surface area contributed by atoms with Crippen LogP contribution in [0.3, 0.4) is 0 Å². The molecule has 1 saturated heterocycles. The van der Waals surface area contributed by atoms with Crippen LogP contribution in [0.15, 0.2) is 18.2 Å². The molecule has 0 aromatic heterocycles. The van der Waals surface area contributed by atoms with E-state index in [2.05, 4.69) is 0 Å². The van der Waals surface area contributed by atoms with Gasteiger partial charge in [-0.2, -0.15) is 0 Å². The van der Waals surface area contributed by atoms with Crippen LogP contribution in [0.5, 0.6) is 0 Å². The van der Waals surface area contributed by atoms with E-state index in [1.165, 1.54) is 0 Å². The van der Waals surface area contributed by atoms with Crippen LogP contribution in [0.25, 0.3) is 0 Å². The standard InChI is InChI=1S/C15H13FN2O4/c16-10-4-3-9(18(21)22)6-11(10)17-14(19)12-7-1-2-8(5-7)13(12)15(17)20/h3-4,6-8,12-13H,1-2,5H2/t7-,8-,12+,13+/m0/s1. The fourth-order valence-electron chi connectivity index (χ4n) is 4.43. The number of hydrogen-bond acceptors (Lipinski definition) is 4. The van der Waals surface area contributed by atoms with Crippen molar-refractivity contribution in [3.63, 3.8) is 0 Å². The van der Waals surface area contributed by atoms with Crippen LogP contribution < -0.4 is 4.90 Å². The van der Waals surface area contributed by atoms with Gasteiger partial charge < -0.3 is 0 Å². The minimum atomic E-state index is -0.792. The lowest BCUT2D eigenvalue weighted by atomic mass is 9.81. The second-order valence-electron chi connectivity index (χ2n) is 6.29. The van der Waals surface area contributed by atoms with Gasteiger partial charge >= 0.3 is 0 Å². The van der Waals surface area contributed by atoms with E-state index in [0.717, 1.165) is 42.4 Å². The lowest BCUT2D eigenvalue weighted by Gasteiger charge is -2.19. The molecule has 2 bridgehead atoms. The number of nitrogens with zero attached hydrogens (tertiary/aromatic N) is 2. The molecule has 2 aliphatic carbocycles. The maximum atomic E-state index is 14.0. The molecule has 2 saturated carbocycles. The molecule has 2 amide bonds. The Balaban J connectivity index is 1.78. The summed E-state index contributed by atoms with van der Waals surface area (Å²) in [5.74, 6) is -1.95. The number of hydrogen-bond donors (Lipinski definition) is 0. The van der Waals surface area contributed by atoms with Crippen LogP contribution in [0.2, 0.25) is 0 Å². The van der Waals surface area contributed by atoms with Crippen LogP contribution in [0, 0.1) is 39.6 Å². The van der Waals surface area contributed by atoms with Gasteiger partial charge in [0.15, 0.2) is 0 Å². The molecule has 1 aromatic rings. The Morgan fingerprint density at radius 3 is 2.27 bits per heavy atom. The van der Waals surface area contributed by atoms with E-state index >= 15 is 0 Å². The first kappa shape index (κ1) is 13.4. The quantitative estimate of drug-likeness (QED) is 0.477. The SMILES string of the molecule is O=C1[C@@H]2[C@H]3CC[C@@H](C3)[C@H]2C(=O)N1c1cc([N+](=O)[O-])ccc1F. The van der Waals surface area contributed by atoms with Gasteiger partial charge in [-0.25, -0.2) is 9.29 Å². The summed E-state index contributed by atoms with van der Waals surface area (Å²) in [6.07, 6.45) is 2.74. The monoisotopic (exact) mass is 304 g/mol. The third-order valence-electron chi connectivity index (χ3n) is 5.31. The van der Waals surface area contributed by atoms with Gasteiger partial charge in [0.25, 0.3) is 5.69 Å². The zero-order valence-electron chi connectivity index (χ0n) is 11.6. The highest BCUT2D eigenvalue weighted by molar-refractivity contribution is 6.22. The summed E-state index contributed by atoms with van der Waals surface area (Å²) in [6.45, 7) is 0. The van der Waals surface area contributed by atoms with Crippen molar-refractivity contribution in [1.82, 2.24) is 0 Å². The highest BCUT2D eigenvalue weighted by Crippen LogP contribution is 2.56. The normalized spacial score (nSPS) is 32.7. The summed E-state index contributed by atoms with van der Waals surface area (Å²) in [4.78, 5) is 36.2. The van der Waals surface area contributed by atoms with Gasteiger partial charge in [-0.3, -0.25) is 19.7 Å². The van der Waals surface area contributed by atoms with Crippen LogP contribution >= 0.6 is 0 Å². The first-order valence-electron chi connectivity index (χ1n) is 7.31. The molecule has 1 aromatic carbocycles. The average molecular weight is 304 g/mol. The number of non-ortho nitro benzene ring substituents is 1. The van der Waals surface area contributed by atoms with E-state index in [1.54, 1.807) is 0 Å². The molecular weight excluding hydrogens is 291 g/mol. The first-order chi connectivity index (χ1) is 10.5. The third kappa shape index (κ3) is 1.59. The summed E-state index contributed by atoms with van der Waals surface area (Å²) in [6, 6.07) is 2.92. The number of anilines is 1. The van der Waals surface area contributed by atoms with E-state index in [9.17, 15) is 24.1 Å². The molecule has 4 atom stereocenters. The van der Waals surface area contributed by atoms with Crippen molar-refractivity contribution in [3.8, 4) is 0 Å². The summed E-state index contributed by atoms with van der Waals surface area (Å²) >= 11 is 0. The van der Waals surface area contributed by atoms with Crippen molar-refractivity contribution in [3.05, 3.63) is 34.1 Å². The molecule has 7 heteroatoms. The summed E-state index contributed by atoms with van der Waals surface area (Å²) < 4.78 is 14.0. The Labute approximate surface area is 125 Å². The Morgan fingerprint density at radius 1 is 1.14 bits per heavy atom. The van der Waals surface area contributed by atoms with Gasteiger partial charge in [-0.15, -0.1) is 0 Å². The van der Waals surface area contributed by atoms with Crippen molar-refractivity contribution >= 4 is 23.2 Å². The number of nitro groups is 1. The van der Waals surface area contributed by atoms with Gasteiger partial charge in [0.1, 0.15) is 5.82 Å². The van der Waals surface area contributed by atoms with Gasteiger partial charge in [0.2, 0.25) is 11.8 Å². The van der Waals surface area contributed by atoms with E-state index < -0.39 is 22.6 Å². The number of carbonyl (C=O) groups is 2. The minimum absolute atomic E-state index is 0.193. The lowest BCUT2D eigenvalue weighted by molar-refractivity contribution is -0.384. The second-order valence-corrected chi connectivity index (χ2v) is 6.29. The van der Waals surface area contributed by atoms with E-state index in [4.69, 9.17) is 0 Å². The highest BCUT2D eigenvalue weighted by Gasteiger charge is 2.61. The fourth-order valence-corrected chi connectivity index (χ4v) is 4.43. The summed E-state index contributed by atoms with van der Waals surface area (Å²) in [5.41, 5.74) is -0.630. The van der Waals surface area contributed by atoms with Crippen LogP contribution in [-0.2, 0) is 9.59 Å². The van der Waals surface area contributed by atoms with Crippen molar-refractivity contribution in [2.75, 3.05) is 4.90 Å². The van der Waals surface area contributed by atoms with E-state index in [1.807, 2.05) is 0 Å². The number of fused-ring (bicyclic) bond motifs is 5. The molecule has 0 unspecified atom stereocenters. The first-order valence-corrected chi connectivity index (χ1v) is 7.31. The van der Waals surface area contributed by atoms with Gasteiger partial charge in [0, 0.05) is 12.1 Å². The number of amides is 2. The fraction of sp³-hybridized carbons (Fsp3) is 0.467. The number of nitro benzene ring substituents is 1. The van der Waals surface area contributed by atoms with Gasteiger partial charge in [-0.1, -0.05) is 0 Å². The van der Waals surface area contributed by atoms with Crippen molar-refractivity contribution < 1.29 is 18.9 Å². The molecule has 3 fully saturated rings. The molecule has 0 N–H and O–H groups in total. The average Bonchev–Trinajstić information content (AvgIpc) is 3.14. The number of benzene rings is 1. The summed E-state index contributed by atoms with van der Waals surface area (Å²) in [7, 11) is 0. The van der Waals surface area contributed by atoms with E-state index in [0.29, 0.717) is 0 Å². The van der Waals surface area contributed by atoms with Crippen LogP contribution in [0.4, 0.5) is 15.8 Å². The molecule has 0 radical (unpaired) electrons. The topological polar surface area (TPSA) is 80.5 Å². The van der Waals surface area contributed by atoms with Crippen molar-refractivity contribution in [2.24, 2.45) is 23.7 Å². The van der Waals surface area contributed by atoms with Gasteiger partial charge in [0.05, 0.1) is 22.4 Å². The van der Waals surface area contributed by atoms with Crippen molar-refractivity contribution in [2.45, 2.75) is 19.3 Å². The molecule has 22 heavy (non-hydrogen) atoms. The number of halogens is 1. The molecule has 6 nitrogen and oxygen atoms in total. The predicted molar refractivity (Wildman–Crippen MR) is 73.4 cm³/mol. The minimum Gasteiger partial charge on any atom is -0.274 e. The lowest BCUT2D eigenvalue weighted by Crippen LogP contribution is -2.33. The number of imide groups is 1. The Hall–Kier alpha value is -2.31. The molecule has 1 aliphatic heterocycles. The van der Waals surface area contributed by atoms with Crippen LogP contribution in [0.1, 0.15) is 19.3 Å². The summed E-state index contributed by atoms with van der Waals surface area (Å²) in [5, 5.41) is 10.8. The Kier molecular flexibility index (Phi) is 2.64. The predicted octanol–water partition coefficient (Wildman–Crippen LogP) is 2.27. The molecule has 3 aliphatic rings. The Morgan fingerprint density at radius 2 is 1.73 bits per heavy atom. The zero-order valence-corrected chi connectivity index (χ0v) is 11.6. The Bertz CT molecular complexity index is 691. The smallest absolute Gasteiger partial charge is 0.271 e. The second kappa shape index (κ2) is 4.34. The third-order valence-corrected chi connectivity index (χ3v) is 5.31. The molecular formula is C15H13FN2O4. The maximum absolute atomic E-state index is 14.0. The highest BCUT2D eigenvalue weighted by atomic mass is 19.1. The van der Waals surface area contributed by atoms with Crippen LogP contribution in [-0.4, -0.2) is 16.7 Å². The molecule has 114 valence electrons. The zero-order chi connectivity index (χ0) is 15.6. The largest absolute Gasteiger partial charge is 0.274 e. The molecule has 1 heterocycles. The molecule has 0 spiro atoms. The molecule has 4 rings (SSSR count). The number of carbonyl (C=O) groups excluding carboxylic acids is 2. The maximum Gasteiger partial charge on any atom is 0.271 e.